The molecule has 3 aliphatic rings. The Kier molecular flexibility index (Phi) is 4.06. The van der Waals surface area contributed by atoms with Gasteiger partial charge >= 0.3 is 0 Å². The quantitative estimate of drug-likeness (QED) is 0.568. The first-order valence-electron chi connectivity index (χ1n) is 10.3. The number of allylic oxidation sites excluding steroid dienone is 4. The van der Waals surface area contributed by atoms with E-state index in [9.17, 15) is 10.0 Å². The summed E-state index contributed by atoms with van der Waals surface area (Å²) in [6.07, 6.45) is 11.1. The maximum atomic E-state index is 13.4. The van der Waals surface area contributed by atoms with Gasteiger partial charge < -0.3 is 9.97 Å². The van der Waals surface area contributed by atoms with Crippen molar-refractivity contribution in [3.8, 4) is 0 Å². The number of rotatable bonds is 1. The highest BCUT2D eigenvalue weighted by Gasteiger charge is 2.34. The van der Waals surface area contributed by atoms with Crippen molar-refractivity contribution in [1.29, 1.82) is 0 Å². The molecule has 32 heavy (non-hydrogen) atoms. The van der Waals surface area contributed by atoms with Crippen LogP contribution in [0.1, 0.15) is 17.0 Å². The van der Waals surface area contributed by atoms with Crippen molar-refractivity contribution in [3.05, 3.63) is 118 Å². The van der Waals surface area contributed by atoms with E-state index in [0.29, 0.717) is 22.7 Å². The number of aromatic amines is 2. The Hall–Kier alpha value is -4.42. The molecule has 0 spiro atoms. The van der Waals surface area contributed by atoms with Crippen molar-refractivity contribution in [2.24, 2.45) is 4.99 Å². The van der Waals surface area contributed by atoms with Gasteiger partial charge in [0.2, 0.25) is 5.78 Å². The molecule has 0 atom stereocenters. The van der Waals surface area contributed by atoms with Gasteiger partial charge in [-0.25, -0.2) is 10.1 Å². The number of nitrogens with zero attached hydrogens (tertiary/aromatic N) is 2. The largest absolute Gasteiger partial charge is 0.355 e. The number of Topliss-reactive ketones (excluding diaryl/α,β-unsaturated/α-hetero) is 1. The number of hydroxylamine groups is 2. The fraction of sp³-hybridized carbons (Fsp3) is 0. The van der Waals surface area contributed by atoms with Gasteiger partial charge in [0, 0.05) is 22.1 Å². The van der Waals surface area contributed by atoms with E-state index in [1.807, 2.05) is 78.9 Å². The van der Waals surface area contributed by atoms with Crippen LogP contribution in [0.5, 0.6) is 0 Å². The molecule has 2 aromatic heterocycles. The number of aromatic nitrogens is 2. The highest BCUT2D eigenvalue weighted by Crippen LogP contribution is 2.36. The molecule has 3 N–H and O–H groups in total. The minimum atomic E-state index is -0.249. The smallest absolute Gasteiger partial charge is 0.214 e. The van der Waals surface area contributed by atoms with Gasteiger partial charge in [-0.3, -0.25) is 10.0 Å². The minimum absolute atomic E-state index is 0.177. The molecule has 0 aliphatic carbocycles. The number of benzene rings is 1. The molecule has 0 unspecified atom stereocenters. The molecule has 5 heterocycles. The van der Waals surface area contributed by atoms with Gasteiger partial charge in [0.05, 0.1) is 22.7 Å². The van der Waals surface area contributed by atoms with Gasteiger partial charge in [0.15, 0.2) is 0 Å². The Balaban J connectivity index is 1.61. The van der Waals surface area contributed by atoms with Crippen LogP contribution in [0.3, 0.4) is 0 Å². The SMILES string of the molecule is O=C1C2=Cc3ccc([nH]3)C=c3ccc([nH]3)=CC3=NC(=CC(=C1c1ccccc1)N2O)C=C3. The summed E-state index contributed by atoms with van der Waals surface area (Å²) in [6, 6.07) is 17.2. The number of H-pyrrole nitrogens is 2. The number of carbonyl (C=O) groups is 1. The van der Waals surface area contributed by atoms with Crippen molar-refractivity contribution in [2.45, 2.75) is 0 Å². The second-order valence-corrected chi connectivity index (χ2v) is 7.76. The highest BCUT2D eigenvalue weighted by atomic mass is 16.5. The Bertz CT molecular complexity index is 1540. The summed E-state index contributed by atoms with van der Waals surface area (Å²) >= 11 is 0. The highest BCUT2D eigenvalue weighted by molar-refractivity contribution is 6.33. The zero-order chi connectivity index (χ0) is 21.7. The third-order valence-corrected chi connectivity index (χ3v) is 5.57. The molecule has 0 radical (unpaired) electrons. The molecule has 3 aromatic rings. The van der Waals surface area contributed by atoms with Crippen LogP contribution in [0.15, 0.2) is 94.9 Å². The van der Waals surface area contributed by atoms with Crippen LogP contribution in [0, 0.1) is 0 Å². The number of nitrogens with one attached hydrogen (secondary N) is 2. The van der Waals surface area contributed by atoms with Gasteiger partial charge in [-0.2, -0.15) is 0 Å². The Morgan fingerprint density at radius 2 is 1.53 bits per heavy atom. The molecule has 6 rings (SSSR count). The number of ketones is 1. The summed E-state index contributed by atoms with van der Waals surface area (Å²) < 4.78 is 0. The fourth-order valence-electron chi connectivity index (χ4n) is 4.09. The Morgan fingerprint density at radius 1 is 0.781 bits per heavy atom. The van der Waals surface area contributed by atoms with E-state index in [2.05, 4.69) is 15.0 Å². The predicted molar refractivity (Wildman–Crippen MR) is 123 cm³/mol. The lowest BCUT2D eigenvalue weighted by molar-refractivity contribution is -0.113. The molecule has 6 nitrogen and oxygen atoms in total. The number of fused-ring (bicyclic) bond motifs is 7. The number of hydrogen-bond acceptors (Lipinski definition) is 4. The molecular weight excluding hydrogens is 400 g/mol. The van der Waals surface area contributed by atoms with Crippen LogP contribution in [-0.2, 0) is 4.79 Å². The normalized spacial score (nSPS) is 17.1. The lowest BCUT2D eigenvalue weighted by Gasteiger charge is -2.12. The monoisotopic (exact) mass is 418 g/mol. The zero-order valence-corrected chi connectivity index (χ0v) is 16.9. The third-order valence-electron chi connectivity index (χ3n) is 5.57. The van der Waals surface area contributed by atoms with Gasteiger partial charge in [-0.05, 0) is 66.3 Å². The fourth-order valence-corrected chi connectivity index (χ4v) is 4.09. The van der Waals surface area contributed by atoms with Gasteiger partial charge in [0.1, 0.15) is 5.70 Å². The van der Waals surface area contributed by atoms with Crippen LogP contribution in [0.2, 0.25) is 0 Å². The van der Waals surface area contributed by atoms with Crippen LogP contribution in [-0.4, -0.2) is 31.7 Å². The van der Waals surface area contributed by atoms with E-state index in [4.69, 9.17) is 0 Å². The van der Waals surface area contributed by atoms with Crippen LogP contribution in [0.4, 0.5) is 0 Å². The van der Waals surface area contributed by atoms with Crippen LogP contribution in [0.25, 0.3) is 23.8 Å². The zero-order valence-electron chi connectivity index (χ0n) is 16.9. The summed E-state index contributed by atoms with van der Waals surface area (Å²) in [7, 11) is 0. The molecule has 0 amide bonds. The van der Waals surface area contributed by atoms with Gasteiger partial charge in [-0.15, -0.1) is 0 Å². The minimum Gasteiger partial charge on any atom is -0.355 e. The van der Waals surface area contributed by atoms with Crippen molar-refractivity contribution < 1.29 is 10.0 Å². The average molecular weight is 418 g/mol. The number of hydrogen-bond donors (Lipinski definition) is 3. The first kappa shape index (κ1) is 18.4. The van der Waals surface area contributed by atoms with Crippen molar-refractivity contribution in [3.63, 3.8) is 0 Å². The molecular formula is C26H18N4O2. The molecule has 0 saturated carbocycles. The Labute approximate surface area is 183 Å². The summed E-state index contributed by atoms with van der Waals surface area (Å²) in [4.78, 5) is 24.7. The standard InChI is InChI=1S/C26H18N4O2/c31-26-24-15-22-11-9-20(29-22)13-18-7-6-17(27-18)12-19-8-10-21(28-19)14-23(30(24)32)25(26)16-4-2-1-3-5-16/h1-15,27,29,32H. The van der Waals surface area contributed by atoms with E-state index in [1.54, 1.807) is 12.2 Å². The molecule has 0 fully saturated rings. The molecule has 6 heteroatoms. The molecule has 8 bridgehead atoms. The van der Waals surface area contributed by atoms with Crippen LogP contribution < -0.4 is 10.7 Å². The second kappa shape index (κ2) is 7.08. The first-order chi connectivity index (χ1) is 15.6. The number of aliphatic imine (C=N–C) groups is 1. The lowest BCUT2D eigenvalue weighted by atomic mass is 10.0. The first-order valence-corrected chi connectivity index (χ1v) is 10.3. The molecule has 1 aromatic carbocycles. The predicted octanol–water partition coefficient (Wildman–Crippen LogP) is 2.89. The summed E-state index contributed by atoms with van der Waals surface area (Å²) in [5, 5.41) is 13.9. The van der Waals surface area contributed by atoms with Crippen molar-refractivity contribution in [2.75, 3.05) is 0 Å². The summed E-state index contributed by atoms with van der Waals surface area (Å²) in [5.41, 5.74) is 4.77. The van der Waals surface area contributed by atoms with Gasteiger partial charge in [0.25, 0.3) is 0 Å². The Morgan fingerprint density at radius 3 is 2.34 bits per heavy atom. The summed E-state index contributed by atoms with van der Waals surface area (Å²) in [6.45, 7) is 0. The van der Waals surface area contributed by atoms with E-state index in [1.165, 1.54) is 0 Å². The molecule has 0 saturated heterocycles. The molecule has 3 aliphatic heterocycles. The van der Waals surface area contributed by atoms with E-state index >= 15 is 0 Å². The molecule has 154 valence electrons. The average Bonchev–Trinajstić information content (AvgIpc) is 3.57. The van der Waals surface area contributed by atoms with Gasteiger partial charge in [-0.1, -0.05) is 30.3 Å². The second-order valence-electron chi connectivity index (χ2n) is 7.76. The lowest BCUT2D eigenvalue weighted by Crippen LogP contribution is -2.14. The van der Waals surface area contributed by atoms with E-state index in [0.717, 1.165) is 32.7 Å². The van der Waals surface area contributed by atoms with E-state index in [-0.39, 0.29) is 11.5 Å². The van der Waals surface area contributed by atoms with Crippen molar-refractivity contribution in [1.82, 2.24) is 15.0 Å². The summed E-state index contributed by atoms with van der Waals surface area (Å²) in [5.74, 6) is -0.249. The maximum absolute atomic E-state index is 13.4. The van der Waals surface area contributed by atoms with Crippen molar-refractivity contribution >= 4 is 35.3 Å². The number of carbonyl (C=O) groups excluding carboxylic acids is 1. The van der Waals surface area contributed by atoms with Crippen LogP contribution >= 0.6 is 0 Å². The third kappa shape index (κ3) is 3.10. The van der Waals surface area contributed by atoms with E-state index < -0.39 is 0 Å². The maximum Gasteiger partial charge on any atom is 0.214 e. The topological polar surface area (TPSA) is 84.5 Å².